The van der Waals surface area contributed by atoms with Gasteiger partial charge < -0.3 is 9.47 Å². The number of allylic oxidation sites excluding steroid dienone is 1. The van der Waals surface area contributed by atoms with Gasteiger partial charge in [0.25, 0.3) is 0 Å². The van der Waals surface area contributed by atoms with Gasteiger partial charge in [-0.3, -0.25) is 0 Å². The van der Waals surface area contributed by atoms with Gasteiger partial charge in [0.05, 0.1) is 26.1 Å². The van der Waals surface area contributed by atoms with E-state index in [-0.39, 0.29) is 5.41 Å². The summed E-state index contributed by atoms with van der Waals surface area (Å²) in [7, 11) is 0. The lowest BCUT2D eigenvalue weighted by Crippen LogP contribution is -2.43. The lowest BCUT2D eigenvalue weighted by molar-refractivity contribution is -0.127. The first-order valence-corrected chi connectivity index (χ1v) is 5.66. The van der Waals surface area contributed by atoms with E-state index in [2.05, 4.69) is 6.92 Å². The molecule has 1 aliphatic carbocycles. The molecule has 0 bridgehead atoms. The summed E-state index contributed by atoms with van der Waals surface area (Å²) in [4.78, 5) is 0. The number of hydrogen-bond acceptors (Lipinski definition) is 2. The van der Waals surface area contributed by atoms with Crippen molar-refractivity contribution in [3.8, 4) is 0 Å². The Morgan fingerprint density at radius 2 is 2.00 bits per heavy atom. The Morgan fingerprint density at radius 1 is 1.29 bits per heavy atom. The molecule has 2 rings (SSSR count). The zero-order valence-electron chi connectivity index (χ0n) is 9.05. The van der Waals surface area contributed by atoms with Gasteiger partial charge in [0, 0.05) is 5.41 Å². The molecule has 0 aromatic carbocycles. The van der Waals surface area contributed by atoms with Gasteiger partial charge in [-0.15, -0.1) is 0 Å². The molecule has 0 N–H and O–H groups in total. The minimum Gasteiger partial charge on any atom is -0.500 e. The van der Waals surface area contributed by atoms with Gasteiger partial charge in [0.2, 0.25) is 0 Å². The zero-order chi connectivity index (χ0) is 9.86. The predicted molar refractivity (Wildman–Crippen MR) is 56.0 cm³/mol. The van der Waals surface area contributed by atoms with E-state index in [9.17, 15) is 0 Å². The molecular formula is C12H20O2. The molecule has 1 heterocycles. The van der Waals surface area contributed by atoms with Gasteiger partial charge in [-0.2, -0.15) is 0 Å². The lowest BCUT2D eigenvalue weighted by atomic mass is 9.90. The average molecular weight is 196 g/mol. The van der Waals surface area contributed by atoms with Crippen LogP contribution in [0, 0.1) is 5.41 Å². The van der Waals surface area contributed by atoms with Crippen molar-refractivity contribution in [2.45, 2.75) is 39.0 Å². The molecule has 1 aliphatic heterocycles. The third-order valence-electron chi connectivity index (χ3n) is 3.08. The molecule has 0 amide bonds. The molecule has 80 valence electrons. The fourth-order valence-corrected chi connectivity index (χ4v) is 2.02. The fourth-order valence-electron chi connectivity index (χ4n) is 2.02. The summed E-state index contributed by atoms with van der Waals surface area (Å²) in [5, 5.41) is 0. The highest BCUT2D eigenvalue weighted by Gasteiger charge is 2.33. The molecule has 2 nitrogen and oxygen atoms in total. The van der Waals surface area contributed by atoms with Crippen LogP contribution in [0.1, 0.15) is 39.0 Å². The van der Waals surface area contributed by atoms with Gasteiger partial charge in [-0.1, -0.05) is 13.3 Å². The van der Waals surface area contributed by atoms with Crippen LogP contribution in [-0.4, -0.2) is 19.8 Å². The van der Waals surface area contributed by atoms with Crippen LogP contribution >= 0.6 is 0 Å². The average Bonchev–Trinajstić information content (AvgIpc) is 2.17. The molecule has 0 unspecified atom stereocenters. The van der Waals surface area contributed by atoms with Gasteiger partial charge in [0.15, 0.2) is 0 Å². The standard InChI is InChI=1S/C12H20O2/c1-12(9-14-10-12)8-13-7-11-5-3-2-4-6-11/h7H,2-6,8-10H2,1H3. The van der Waals surface area contributed by atoms with Crippen molar-refractivity contribution in [3.63, 3.8) is 0 Å². The van der Waals surface area contributed by atoms with Crippen molar-refractivity contribution >= 4 is 0 Å². The van der Waals surface area contributed by atoms with Crippen LogP contribution in [0.25, 0.3) is 0 Å². The fraction of sp³-hybridized carbons (Fsp3) is 0.833. The molecule has 0 aromatic rings. The van der Waals surface area contributed by atoms with Crippen molar-refractivity contribution in [2.24, 2.45) is 5.41 Å². The molecule has 2 fully saturated rings. The van der Waals surface area contributed by atoms with E-state index in [1.54, 1.807) is 0 Å². The molecule has 1 saturated carbocycles. The molecule has 0 atom stereocenters. The molecule has 1 saturated heterocycles. The smallest absolute Gasteiger partial charge is 0.0971 e. The summed E-state index contributed by atoms with van der Waals surface area (Å²) in [6.45, 7) is 4.75. The van der Waals surface area contributed by atoms with Crippen molar-refractivity contribution < 1.29 is 9.47 Å². The molecule has 2 heteroatoms. The third kappa shape index (κ3) is 2.50. The Bertz CT molecular complexity index is 208. The summed E-state index contributed by atoms with van der Waals surface area (Å²) in [6, 6.07) is 0. The first kappa shape index (κ1) is 10.0. The lowest BCUT2D eigenvalue weighted by Gasteiger charge is -2.37. The van der Waals surface area contributed by atoms with Crippen LogP contribution in [0.2, 0.25) is 0 Å². The maximum atomic E-state index is 5.64. The van der Waals surface area contributed by atoms with Crippen molar-refractivity contribution in [1.82, 2.24) is 0 Å². The van der Waals surface area contributed by atoms with E-state index in [1.807, 2.05) is 6.26 Å². The van der Waals surface area contributed by atoms with Gasteiger partial charge in [-0.25, -0.2) is 0 Å². The van der Waals surface area contributed by atoms with Crippen LogP contribution in [0.4, 0.5) is 0 Å². The Kier molecular flexibility index (Phi) is 3.12. The summed E-state index contributed by atoms with van der Waals surface area (Å²) in [5.41, 5.74) is 1.78. The normalized spacial score (nSPS) is 25.4. The van der Waals surface area contributed by atoms with E-state index in [1.165, 1.54) is 37.7 Å². The highest BCUT2D eigenvalue weighted by atomic mass is 16.5. The Labute approximate surface area is 86.3 Å². The largest absolute Gasteiger partial charge is 0.500 e. The van der Waals surface area contributed by atoms with Crippen LogP contribution in [0.5, 0.6) is 0 Å². The minimum atomic E-state index is 0.283. The maximum absolute atomic E-state index is 5.64. The van der Waals surface area contributed by atoms with E-state index < -0.39 is 0 Å². The van der Waals surface area contributed by atoms with Gasteiger partial charge in [0.1, 0.15) is 0 Å². The second kappa shape index (κ2) is 4.35. The van der Waals surface area contributed by atoms with E-state index in [0.717, 1.165) is 19.8 Å². The number of ether oxygens (including phenoxy) is 2. The van der Waals surface area contributed by atoms with Crippen molar-refractivity contribution in [1.29, 1.82) is 0 Å². The van der Waals surface area contributed by atoms with E-state index >= 15 is 0 Å². The second-order valence-electron chi connectivity index (χ2n) is 4.95. The Hall–Kier alpha value is -0.500. The van der Waals surface area contributed by atoms with Crippen LogP contribution in [0.15, 0.2) is 11.8 Å². The summed E-state index contributed by atoms with van der Waals surface area (Å²) >= 11 is 0. The number of rotatable bonds is 3. The van der Waals surface area contributed by atoms with Crippen molar-refractivity contribution in [2.75, 3.05) is 19.8 Å². The summed E-state index contributed by atoms with van der Waals surface area (Å²) in [5.74, 6) is 0. The summed E-state index contributed by atoms with van der Waals surface area (Å²) in [6.07, 6.45) is 8.57. The first-order chi connectivity index (χ1) is 6.79. The first-order valence-electron chi connectivity index (χ1n) is 5.66. The Morgan fingerprint density at radius 3 is 2.57 bits per heavy atom. The van der Waals surface area contributed by atoms with Crippen LogP contribution in [0.3, 0.4) is 0 Å². The van der Waals surface area contributed by atoms with Crippen molar-refractivity contribution in [3.05, 3.63) is 11.8 Å². The third-order valence-corrected chi connectivity index (χ3v) is 3.08. The zero-order valence-corrected chi connectivity index (χ0v) is 9.05. The predicted octanol–water partition coefficient (Wildman–Crippen LogP) is 2.89. The molecular weight excluding hydrogens is 176 g/mol. The minimum absolute atomic E-state index is 0.283. The summed E-state index contributed by atoms with van der Waals surface area (Å²) < 4.78 is 10.8. The highest BCUT2D eigenvalue weighted by molar-refractivity contribution is 5.00. The van der Waals surface area contributed by atoms with E-state index in [4.69, 9.17) is 9.47 Å². The van der Waals surface area contributed by atoms with Gasteiger partial charge >= 0.3 is 0 Å². The second-order valence-corrected chi connectivity index (χ2v) is 4.95. The number of hydrogen-bond donors (Lipinski definition) is 0. The van der Waals surface area contributed by atoms with E-state index in [0.29, 0.717) is 0 Å². The van der Waals surface area contributed by atoms with Gasteiger partial charge in [-0.05, 0) is 31.3 Å². The molecule has 0 radical (unpaired) electrons. The SMILES string of the molecule is CC1(COC=C2CCCCC2)COC1. The molecule has 0 spiro atoms. The molecule has 0 aromatic heterocycles. The highest BCUT2D eigenvalue weighted by Crippen LogP contribution is 2.28. The monoisotopic (exact) mass is 196 g/mol. The quantitative estimate of drug-likeness (QED) is 0.646. The van der Waals surface area contributed by atoms with Crippen LogP contribution < -0.4 is 0 Å². The molecule has 2 aliphatic rings. The molecule has 14 heavy (non-hydrogen) atoms. The Balaban J connectivity index is 1.70. The van der Waals surface area contributed by atoms with Crippen LogP contribution in [-0.2, 0) is 9.47 Å². The topological polar surface area (TPSA) is 18.5 Å². The maximum Gasteiger partial charge on any atom is 0.0971 e.